The SMILES string of the molecule is Cc1ccc([C@H](C)[NH+]2CCN(C(=O)c3cccc(C(=O)[O-])c3)CC2)cc1C. The lowest BCUT2D eigenvalue weighted by atomic mass is 10.0. The molecule has 1 heterocycles. The maximum atomic E-state index is 12.7. The number of piperazine rings is 1. The Morgan fingerprint density at radius 3 is 2.30 bits per heavy atom. The van der Waals surface area contributed by atoms with Gasteiger partial charge in [-0.3, -0.25) is 4.79 Å². The van der Waals surface area contributed by atoms with Crippen LogP contribution in [0.2, 0.25) is 0 Å². The molecule has 0 bridgehead atoms. The monoisotopic (exact) mass is 366 g/mol. The first-order valence-corrected chi connectivity index (χ1v) is 9.39. The summed E-state index contributed by atoms with van der Waals surface area (Å²) >= 11 is 0. The maximum Gasteiger partial charge on any atom is 0.254 e. The summed E-state index contributed by atoms with van der Waals surface area (Å²) < 4.78 is 0. The molecule has 1 saturated heterocycles. The van der Waals surface area contributed by atoms with E-state index in [0.29, 0.717) is 24.7 Å². The number of rotatable bonds is 4. The molecule has 2 aromatic rings. The Kier molecular flexibility index (Phi) is 5.61. The molecule has 0 radical (unpaired) electrons. The Labute approximate surface area is 160 Å². The van der Waals surface area contributed by atoms with Gasteiger partial charge in [0.15, 0.2) is 0 Å². The molecule has 142 valence electrons. The van der Waals surface area contributed by atoms with Gasteiger partial charge < -0.3 is 19.7 Å². The molecule has 0 aliphatic carbocycles. The number of aryl methyl sites for hydroxylation is 2. The number of amides is 1. The third-order valence-corrected chi connectivity index (χ3v) is 5.68. The second-order valence-corrected chi connectivity index (χ2v) is 7.38. The van der Waals surface area contributed by atoms with Crippen LogP contribution in [0.5, 0.6) is 0 Å². The highest BCUT2D eigenvalue weighted by Crippen LogP contribution is 2.15. The molecule has 0 spiro atoms. The Balaban J connectivity index is 1.64. The number of carbonyl (C=O) groups is 2. The van der Waals surface area contributed by atoms with Crippen molar-refractivity contribution >= 4 is 11.9 Å². The molecule has 1 N–H and O–H groups in total. The van der Waals surface area contributed by atoms with E-state index in [1.807, 2.05) is 4.90 Å². The minimum atomic E-state index is -1.26. The number of carboxylic acids is 1. The Morgan fingerprint density at radius 2 is 1.67 bits per heavy atom. The third-order valence-electron chi connectivity index (χ3n) is 5.68. The Hall–Kier alpha value is -2.66. The lowest BCUT2D eigenvalue weighted by Gasteiger charge is -2.35. The van der Waals surface area contributed by atoms with Gasteiger partial charge in [0.05, 0.1) is 32.1 Å². The number of nitrogens with one attached hydrogen (secondary N) is 1. The summed E-state index contributed by atoms with van der Waals surface area (Å²) in [6, 6.07) is 13.1. The van der Waals surface area contributed by atoms with Crippen molar-refractivity contribution in [1.82, 2.24) is 4.90 Å². The number of benzene rings is 2. The highest BCUT2D eigenvalue weighted by atomic mass is 16.4. The summed E-state index contributed by atoms with van der Waals surface area (Å²) in [6.07, 6.45) is 0. The zero-order valence-electron chi connectivity index (χ0n) is 16.1. The number of carboxylic acid groups (broad SMARTS) is 1. The average Bonchev–Trinajstić information content (AvgIpc) is 2.69. The van der Waals surface area contributed by atoms with Crippen molar-refractivity contribution in [3.05, 3.63) is 70.3 Å². The van der Waals surface area contributed by atoms with Crippen molar-refractivity contribution in [2.75, 3.05) is 26.2 Å². The van der Waals surface area contributed by atoms with Crippen LogP contribution in [0.3, 0.4) is 0 Å². The van der Waals surface area contributed by atoms with Gasteiger partial charge in [-0.05, 0) is 55.7 Å². The van der Waals surface area contributed by atoms with E-state index >= 15 is 0 Å². The van der Waals surface area contributed by atoms with Crippen LogP contribution < -0.4 is 10.0 Å². The summed E-state index contributed by atoms with van der Waals surface area (Å²) in [5.74, 6) is -1.38. The van der Waals surface area contributed by atoms with Crippen molar-refractivity contribution in [3.8, 4) is 0 Å². The summed E-state index contributed by atoms with van der Waals surface area (Å²) in [7, 11) is 0. The van der Waals surface area contributed by atoms with Gasteiger partial charge in [-0.15, -0.1) is 0 Å². The van der Waals surface area contributed by atoms with E-state index in [1.165, 1.54) is 33.7 Å². The molecule has 2 aromatic carbocycles. The number of hydrogen-bond donors (Lipinski definition) is 1. The predicted octanol–water partition coefficient (Wildman–Crippen LogP) is 0.769. The third kappa shape index (κ3) is 4.19. The van der Waals surface area contributed by atoms with Crippen LogP contribution >= 0.6 is 0 Å². The minimum Gasteiger partial charge on any atom is -0.545 e. The van der Waals surface area contributed by atoms with Gasteiger partial charge >= 0.3 is 0 Å². The fourth-order valence-electron chi connectivity index (χ4n) is 3.66. The quantitative estimate of drug-likeness (QED) is 0.869. The summed E-state index contributed by atoms with van der Waals surface area (Å²) in [4.78, 5) is 27.0. The van der Waals surface area contributed by atoms with Crippen LogP contribution in [0.4, 0.5) is 0 Å². The maximum absolute atomic E-state index is 12.7. The van der Waals surface area contributed by atoms with Gasteiger partial charge in [0, 0.05) is 11.1 Å². The van der Waals surface area contributed by atoms with E-state index < -0.39 is 5.97 Å². The smallest absolute Gasteiger partial charge is 0.254 e. The number of nitrogens with zero attached hydrogens (tertiary/aromatic N) is 1. The highest BCUT2D eigenvalue weighted by molar-refractivity contribution is 5.97. The molecule has 3 rings (SSSR count). The molecule has 0 saturated carbocycles. The molecular formula is C22H26N2O3. The molecule has 1 amide bonds. The van der Waals surface area contributed by atoms with Gasteiger partial charge in [-0.25, -0.2) is 0 Å². The van der Waals surface area contributed by atoms with Crippen LogP contribution in [0.25, 0.3) is 0 Å². The molecule has 1 atom stereocenters. The van der Waals surface area contributed by atoms with Gasteiger partial charge in [0.2, 0.25) is 0 Å². The van der Waals surface area contributed by atoms with Crippen LogP contribution in [0.1, 0.15) is 50.4 Å². The lowest BCUT2D eigenvalue weighted by molar-refractivity contribution is -0.933. The van der Waals surface area contributed by atoms with Gasteiger partial charge in [-0.1, -0.05) is 24.3 Å². The molecular weight excluding hydrogens is 340 g/mol. The van der Waals surface area contributed by atoms with Crippen molar-refractivity contribution in [1.29, 1.82) is 0 Å². The van der Waals surface area contributed by atoms with E-state index in [1.54, 1.807) is 12.1 Å². The standard InChI is InChI=1S/C22H26N2O3/c1-15-7-8-18(13-16(15)2)17(3)23-9-11-24(12-10-23)21(25)19-5-4-6-20(14-19)22(26)27/h4-8,13-14,17H,9-12H2,1-3H3,(H,26,27)/t17-/m0/s1. The molecule has 1 aliphatic rings. The first-order chi connectivity index (χ1) is 12.9. The summed E-state index contributed by atoms with van der Waals surface area (Å²) in [5.41, 5.74) is 4.38. The molecule has 5 nitrogen and oxygen atoms in total. The van der Waals surface area contributed by atoms with Crippen LogP contribution in [-0.2, 0) is 0 Å². The number of hydrogen-bond acceptors (Lipinski definition) is 3. The van der Waals surface area contributed by atoms with Crippen LogP contribution in [0, 0.1) is 13.8 Å². The van der Waals surface area contributed by atoms with Crippen molar-refractivity contribution in [3.63, 3.8) is 0 Å². The Bertz CT molecular complexity index is 854. The molecule has 0 unspecified atom stereocenters. The zero-order chi connectivity index (χ0) is 19.6. The fraction of sp³-hybridized carbons (Fsp3) is 0.364. The molecule has 5 heteroatoms. The lowest BCUT2D eigenvalue weighted by Crippen LogP contribution is -3.14. The van der Waals surface area contributed by atoms with E-state index in [0.717, 1.165) is 13.1 Å². The number of aromatic carboxylic acids is 1. The Morgan fingerprint density at radius 1 is 1.00 bits per heavy atom. The van der Waals surface area contributed by atoms with Crippen molar-refractivity contribution in [2.24, 2.45) is 0 Å². The second-order valence-electron chi connectivity index (χ2n) is 7.38. The molecule has 27 heavy (non-hydrogen) atoms. The number of quaternary nitrogens is 1. The highest BCUT2D eigenvalue weighted by Gasteiger charge is 2.28. The molecule has 1 fully saturated rings. The van der Waals surface area contributed by atoms with Crippen molar-refractivity contribution in [2.45, 2.75) is 26.8 Å². The van der Waals surface area contributed by atoms with E-state index in [9.17, 15) is 14.7 Å². The van der Waals surface area contributed by atoms with Gasteiger partial charge in [-0.2, -0.15) is 0 Å². The molecule has 0 aromatic heterocycles. The molecule has 1 aliphatic heterocycles. The van der Waals surface area contributed by atoms with Gasteiger partial charge in [0.25, 0.3) is 5.91 Å². The van der Waals surface area contributed by atoms with Gasteiger partial charge in [0.1, 0.15) is 6.04 Å². The topological polar surface area (TPSA) is 64.9 Å². The van der Waals surface area contributed by atoms with Crippen molar-refractivity contribution < 1.29 is 19.6 Å². The normalized spacial score (nSPS) is 16.2. The van der Waals surface area contributed by atoms with E-state index in [-0.39, 0.29) is 11.5 Å². The summed E-state index contributed by atoms with van der Waals surface area (Å²) in [6.45, 7) is 9.58. The zero-order valence-corrected chi connectivity index (χ0v) is 16.1. The average molecular weight is 366 g/mol. The minimum absolute atomic E-state index is 0.0356. The number of carbonyl (C=O) groups excluding carboxylic acids is 2. The largest absolute Gasteiger partial charge is 0.545 e. The first-order valence-electron chi connectivity index (χ1n) is 9.39. The van der Waals surface area contributed by atoms with Crippen LogP contribution in [0.15, 0.2) is 42.5 Å². The predicted molar refractivity (Wildman–Crippen MR) is 102 cm³/mol. The first kappa shape index (κ1) is 19.1. The summed E-state index contributed by atoms with van der Waals surface area (Å²) in [5, 5.41) is 11.0. The second kappa shape index (κ2) is 7.92. The van der Waals surface area contributed by atoms with E-state index in [2.05, 4.69) is 39.0 Å². The fourth-order valence-corrected chi connectivity index (χ4v) is 3.66. The van der Waals surface area contributed by atoms with Crippen LogP contribution in [-0.4, -0.2) is 43.0 Å². The van der Waals surface area contributed by atoms with E-state index in [4.69, 9.17) is 0 Å².